The van der Waals surface area contributed by atoms with Crippen molar-refractivity contribution in [3.05, 3.63) is 90.6 Å². The number of nitrogens with zero attached hydrogens (tertiary/aromatic N) is 2. The number of rotatable bonds is 5. The molecule has 174 valence electrons. The smallest absolute Gasteiger partial charge is 0.324 e. The van der Waals surface area contributed by atoms with Gasteiger partial charge in [0.25, 0.3) is 0 Å². The molecule has 0 aliphatic heterocycles. The first kappa shape index (κ1) is 23.5. The van der Waals surface area contributed by atoms with Gasteiger partial charge in [0.15, 0.2) is 0 Å². The summed E-state index contributed by atoms with van der Waals surface area (Å²) >= 11 is 0. The molecule has 1 heterocycles. The monoisotopic (exact) mass is 451 g/mol. The highest BCUT2D eigenvalue weighted by atomic mass is 19.1. The van der Waals surface area contributed by atoms with E-state index in [-0.39, 0.29) is 25.5 Å². The number of pyridine rings is 1. The van der Waals surface area contributed by atoms with Crippen LogP contribution in [0, 0.1) is 11.2 Å². The van der Waals surface area contributed by atoms with Crippen LogP contribution in [0.5, 0.6) is 11.5 Å². The Morgan fingerprint density at radius 3 is 2.42 bits per heavy atom. The van der Waals surface area contributed by atoms with E-state index in [0.29, 0.717) is 17.1 Å². The fourth-order valence-electron chi connectivity index (χ4n) is 2.57. The number of amidine groups is 1. The maximum absolute atomic E-state index is 14.6. The third-order valence-electron chi connectivity index (χ3n) is 4.48. The minimum absolute atomic E-state index is 0. The SMILES string of the molecule is CC(C)(C)/C(N)=C/C(=Nc1ccccc1)NC(=O)Nc1ccc(Oc2ccncc2)cc1F.[HH].[HH]. The van der Waals surface area contributed by atoms with Crippen molar-refractivity contribution in [2.75, 3.05) is 5.32 Å². The van der Waals surface area contributed by atoms with E-state index in [0.717, 1.165) is 0 Å². The Morgan fingerprint density at radius 1 is 1.09 bits per heavy atom. The van der Waals surface area contributed by atoms with Crippen molar-refractivity contribution in [3.63, 3.8) is 0 Å². The largest absolute Gasteiger partial charge is 0.457 e. The summed E-state index contributed by atoms with van der Waals surface area (Å²) in [6.45, 7) is 5.85. The Bertz CT molecular complexity index is 1170. The molecule has 1 aromatic heterocycles. The highest BCUT2D eigenvalue weighted by Gasteiger charge is 2.16. The molecule has 4 N–H and O–H groups in total. The van der Waals surface area contributed by atoms with E-state index in [1.54, 1.807) is 48.8 Å². The number of aliphatic imine (C=N–C) groups is 1. The Balaban J connectivity index is 0.00000306. The Morgan fingerprint density at radius 2 is 1.79 bits per heavy atom. The molecule has 0 fully saturated rings. The van der Waals surface area contributed by atoms with Gasteiger partial charge in [-0.05, 0) is 36.4 Å². The van der Waals surface area contributed by atoms with Gasteiger partial charge in [-0.1, -0.05) is 39.0 Å². The normalized spacial score (nSPS) is 12.2. The first-order chi connectivity index (χ1) is 15.7. The van der Waals surface area contributed by atoms with Crippen LogP contribution in [0.25, 0.3) is 0 Å². The van der Waals surface area contributed by atoms with E-state index >= 15 is 0 Å². The van der Waals surface area contributed by atoms with Crippen molar-refractivity contribution in [2.24, 2.45) is 16.1 Å². The second kappa shape index (κ2) is 10.4. The number of anilines is 1. The lowest BCUT2D eigenvalue weighted by Gasteiger charge is -2.19. The zero-order valence-electron chi connectivity index (χ0n) is 18.7. The van der Waals surface area contributed by atoms with E-state index in [1.807, 2.05) is 39.0 Å². The molecule has 2 amide bonds. The average molecular weight is 452 g/mol. The van der Waals surface area contributed by atoms with Gasteiger partial charge in [-0.2, -0.15) is 0 Å². The topological polar surface area (TPSA) is 102 Å². The number of halogens is 1. The standard InChI is InChI=1S/C25H26FN5O2.2H2/c1-25(2,3)22(27)16-23(29-17-7-5-4-6-8-17)31-24(32)30-21-10-9-19(15-20(21)26)33-18-11-13-28-14-12-18;;/h4-16H,27H2,1-3H3,(H2,29,30,31,32);2*1H/b22-16-;;. The molecular formula is C25H30FN5O2. The Hall–Kier alpha value is -4.20. The number of amides is 2. The van der Waals surface area contributed by atoms with Crippen molar-refractivity contribution in [2.45, 2.75) is 20.8 Å². The van der Waals surface area contributed by atoms with Crippen LogP contribution in [0.2, 0.25) is 0 Å². The number of allylic oxidation sites excluding steroid dienone is 1. The van der Waals surface area contributed by atoms with Crippen LogP contribution < -0.4 is 21.1 Å². The van der Waals surface area contributed by atoms with Gasteiger partial charge in [0.05, 0.1) is 11.4 Å². The number of hydrogen-bond acceptors (Lipinski definition) is 5. The van der Waals surface area contributed by atoms with E-state index in [1.165, 1.54) is 12.1 Å². The lowest BCUT2D eigenvalue weighted by Crippen LogP contribution is -2.34. The molecule has 0 aliphatic carbocycles. The van der Waals surface area contributed by atoms with Crippen LogP contribution in [0.15, 0.2) is 89.8 Å². The second-order valence-corrected chi connectivity index (χ2v) is 8.19. The van der Waals surface area contributed by atoms with Crippen LogP contribution in [0.4, 0.5) is 20.6 Å². The summed E-state index contributed by atoms with van der Waals surface area (Å²) in [5.74, 6) is 0.386. The van der Waals surface area contributed by atoms with Gasteiger partial charge in [-0.3, -0.25) is 10.3 Å². The van der Waals surface area contributed by atoms with E-state index in [9.17, 15) is 9.18 Å². The van der Waals surface area contributed by atoms with Crippen LogP contribution in [-0.2, 0) is 0 Å². The molecule has 3 rings (SSSR count). The number of nitrogens with two attached hydrogens (primary N) is 1. The number of carbonyl (C=O) groups is 1. The highest BCUT2D eigenvalue weighted by Crippen LogP contribution is 2.25. The number of ether oxygens (including phenoxy) is 1. The lowest BCUT2D eigenvalue weighted by molar-refractivity contribution is 0.256. The van der Waals surface area contributed by atoms with Crippen molar-refractivity contribution >= 4 is 23.2 Å². The third kappa shape index (κ3) is 7.17. The molecule has 8 heteroatoms. The zero-order chi connectivity index (χ0) is 23.8. The summed E-state index contributed by atoms with van der Waals surface area (Å²) in [6.07, 6.45) is 4.73. The van der Waals surface area contributed by atoms with Gasteiger partial charge in [0.1, 0.15) is 23.2 Å². The highest BCUT2D eigenvalue weighted by molar-refractivity contribution is 6.08. The third-order valence-corrected chi connectivity index (χ3v) is 4.48. The van der Waals surface area contributed by atoms with Crippen molar-refractivity contribution in [1.29, 1.82) is 0 Å². The molecule has 0 aliphatic rings. The maximum atomic E-state index is 14.6. The number of carbonyl (C=O) groups excluding carboxylic acids is 1. The van der Waals surface area contributed by atoms with E-state index in [4.69, 9.17) is 10.5 Å². The number of hydrogen-bond donors (Lipinski definition) is 3. The van der Waals surface area contributed by atoms with Crippen LogP contribution in [-0.4, -0.2) is 16.9 Å². The van der Waals surface area contributed by atoms with Crippen LogP contribution >= 0.6 is 0 Å². The fourth-order valence-corrected chi connectivity index (χ4v) is 2.57. The minimum Gasteiger partial charge on any atom is -0.457 e. The van der Waals surface area contributed by atoms with Gasteiger partial charge < -0.3 is 15.8 Å². The average Bonchev–Trinajstić information content (AvgIpc) is 2.76. The summed E-state index contributed by atoms with van der Waals surface area (Å²) in [4.78, 5) is 20.9. The molecule has 0 radical (unpaired) electrons. The van der Waals surface area contributed by atoms with Gasteiger partial charge in [-0.25, -0.2) is 14.2 Å². The summed E-state index contributed by atoms with van der Waals surface area (Å²) in [7, 11) is 0. The summed E-state index contributed by atoms with van der Waals surface area (Å²) in [6, 6.07) is 15.9. The minimum atomic E-state index is -0.663. The summed E-state index contributed by atoms with van der Waals surface area (Å²) in [5.41, 5.74) is 6.99. The molecular weight excluding hydrogens is 421 g/mol. The van der Waals surface area contributed by atoms with E-state index in [2.05, 4.69) is 20.6 Å². The summed E-state index contributed by atoms with van der Waals surface area (Å²) in [5, 5.41) is 5.13. The van der Waals surface area contributed by atoms with Crippen LogP contribution in [0.1, 0.15) is 23.6 Å². The maximum Gasteiger partial charge on any atom is 0.324 e. The van der Waals surface area contributed by atoms with Crippen LogP contribution in [0.3, 0.4) is 0 Å². The molecule has 3 aromatic rings. The van der Waals surface area contributed by atoms with Crippen molar-refractivity contribution < 1.29 is 16.8 Å². The lowest BCUT2D eigenvalue weighted by atomic mass is 9.92. The molecule has 0 saturated heterocycles. The predicted molar refractivity (Wildman–Crippen MR) is 132 cm³/mol. The number of aromatic nitrogens is 1. The number of benzene rings is 2. The number of para-hydroxylation sites is 1. The van der Waals surface area contributed by atoms with Gasteiger partial charge in [-0.15, -0.1) is 0 Å². The predicted octanol–water partition coefficient (Wildman–Crippen LogP) is 6.25. The molecule has 7 nitrogen and oxygen atoms in total. The molecule has 33 heavy (non-hydrogen) atoms. The van der Waals surface area contributed by atoms with Crippen molar-refractivity contribution in [1.82, 2.24) is 10.3 Å². The zero-order valence-corrected chi connectivity index (χ0v) is 18.7. The first-order valence-electron chi connectivity index (χ1n) is 10.3. The molecule has 0 saturated carbocycles. The van der Waals surface area contributed by atoms with Gasteiger partial charge in [0, 0.05) is 38.5 Å². The second-order valence-electron chi connectivity index (χ2n) is 8.19. The Kier molecular flexibility index (Phi) is 7.40. The Labute approximate surface area is 195 Å². The quantitative estimate of drug-likeness (QED) is 0.315. The number of urea groups is 1. The van der Waals surface area contributed by atoms with E-state index < -0.39 is 11.8 Å². The molecule has 2 aromatic carbocycles. The fraction of sp³-hybridized carbons (Fsp3) is 0.160. The molecule has 0 unspecified atom stereocenters. The number of nitrogens with one attached hydrogen (secondary N) is 2. The van der Waals surface area contributed by atoms with Crippen molar-refractivity contribution in [3.8, 4) is 11.5 Å². The first-order valence-corrected chi connectivity index (χ1v) is 10.3. The van der Waals surface area contributed by atoms with Gasteiger partial charge >= 0.3 is 6.03 Å². The molecule has 0 atom stereocenters. The summed E-state index contributed by atoms with van der Waals surface area (Å²) < 4.78 is 20.1. The molecule has 0 bridgehead atoms. The van der Waals surface area contributed by atoms with Gasteiger partial charge in [0.2, 0.25) is 0 Å². The molecule has 0 spiro atoms.